The van der Waals surface area contributed by atoms with Crippen molar-refractivity contribution in [1.82, 2.24) is 4.98 Å². The molecule has 0 aromatic carbocycles. The Labute approximate surface area is 96.1 Å². The number of nitrogens with zero attached hydrogens (tertiary/aromatic N) is 1. The average molecular weight is 225 g/mol. The van der Waals surface area contributed by atoms with Gasteiger partial charge in [-0.2, -0.15) is 0 Å². The second-order valence-corrected chi connectivity index (χ2v) is 4.81. The molecule has 2 rings (SSSR count). The summed E-state index contributed by atoms with van der Waals surface area (Å²) in [6.45, 7) is 2.32. The number of halogens is 1. The zero-order valence-corrected chi connectivity index (χ0v) is 9.80. The minimum absolute atomic E-state index is 0.565. The zero-order chi connectivity index (χ0) is 10.7. The largest absolute Gasteiger partial charge is 0.380 e. The number of hydrogen-bond donors (Lipinski definition) is 1. The van der Waals surface area contributed by atoms with Crippen LogP contribution in [0.4, 0.5) is 5.69 Å². The molecule has 3 heteroatoms. The van der Waals surface area contributed by atoms with Gasteiger partial charge in [0, 0.05) is 12.2 Å². The summed E-state index contributed by atoms with van der Waals surface area (Å²) in [5.41, 5.74) is 0.971. The molecule has 82 valence electrons. The van der Waals surface area contributed by atoms with E-state index in [-0.39, 0.29) is 0 Å². The summed E-state index contributed by atoms with van der Waals surface area (Å²) in [6.07, 6.45) is 6.88. The third-order valence-corrected chi connectivity index (χ3v) is 3.36. The van der Waals surface area contributed by atoms with Gasteiger partial charge in [-0.05, 0) is 30.9 Å². The van der Waals surface area contributed by atoms with Gasteiger partial charge in [0.05, 0.1) is 5.69 Å². The van der Waals surface area contributed by atoms with E-state index in [1.807, 2.05) is 12.1 Å². The minimum atomic E-state index is 0.565. The highest BCUT2D eigenvalue weighted by Gasteiger charge is 2.19. The molecule has 1 aliphatic rings. The van der Waals surface area contributed by atoms with Crippen molar-refractivity contribution >= 4 is 17.3 Å². The van der Waals surface area contributed by atoms with Gasteiger partial charge in [0.1, 0.15) is 0 Å². The maximum absolute atomic E-state index is 6.01. The maximum atomic E-state index is 6.01. The zero-order valence-electron chi connectivity index (χ0n) is 9.04. The van der Waals surface area contributed by atoms with Crippen LogP contribution >= 0.6 is 11.6 Å². The summed E-state index contributed by atoms with van der Waals surface area (Å²) in [7, 11) is 0. The summed E-state index contributed by atoms with van der Waals surface area (Å²) in [4.78, 5) is 4.07. The fourth-order valence-electron chi connectivity index (χ4n) is 2.28. The van der Waals surface area contributed by atoms with Gasteiger partial charge >= 0.3 is 0 Å². The number of aromatic nitrogens is 1. The molecule has 1 aromatic heterocycles. The van der Waals surface area contributed by atoms with Gasteiger partial charge in [0.15, 0.2) is 5.15 Å². The predicted molar refractivity (Wildman–Crippen MR) is 64.3 cm³/mol. The van der Waals surface area contributed by atoms with Gasteiger partial charge in [-0.25, -0.2) is 4.98 Å². The molecular weight excluding hydrogens is 208 g/mol. The van der Waals surface area contributed by atoms with Crippen LogP contribution in [0.25, 0.3) is 0 Å². The summed E-state index contributed by atoms with van der Waals surface area (Å²) in [6, 6.07) is 4.48. The molecule has 1 saturated carbocycles. The van der Waals surface area contributed by atoms with Crippen molar-refractivity contribution in [1.29, 1.82) is 0 Å². The lowest BCUT2D eigenvalue weighted by atomic mass is 9.87. The van der Waals surface area contributed by atoms with Crippen LogP contribution in [-0.2, 0) is 0 Å². The summed E-state index contributed by atoms with van der Waals surface area (Å²) >= 11 is 6.01. The van der Waals surface area contributed by atoms with Crippen LogP contribution in [0.3, 0.4) is 0 Å². The standard InChI is InChI=1S/C12H17ClN2/c1-9-4-2-5-10(8-9)15-11-6-3-7-14-12(11)13/h3,6-7,9-10,15H,2,4-5,8H2,1H3. The lowest BCUT2D eigenvalue weighted by Gasteiger charge is -2.28. The molecule has 2 unspecified atom stereocenters. The monoisotopic (exact) mass is 224 g/mol. The Bertz CT molecular complexity index is 327. The van der Waals surface area contributed by atoms with Crippen LogP contribution in [0.2, 0.25) is 5.15 Å². The van der Waals surface area contributed by atoms with Gasteiger partial charge in [-0.3, -0.25) is 0 Å². The van der Waals surface area contributed by atoms with E-state index >= 15 is 0 Å². The summed E-state index contributed by atoms with van der Waals surface area (Å²) in [5, 5.41) is 4.06. The van der Waals surface area contributed by atoms with Crippen molar-refractivity contribution in [3.05, 3.63) is 23.5 Å². The van der Waals surface area contributed by atoms with Crippen LogP contribution in [0, 0.1) is 5.92 Å². The molecule has 1 heterocycles. The molecule has 15 heavy (non-hydrogen) atoms. The van der Waals surface area contributed by atoms with Gasteiger partial charge in [0.25, 0.3) is 0 Å². The first-order valence-corrected chi connectivity index (χ1v) is 6.00. The van der Waals surface area contributed by atoms with Crippen molar-refractivity contribution in [3.63, 3.8) is 0 Å². The molecule has 1 aliphatic carbocycles. The first kappa shape index (κ1) is 10.7. The topological polar surface area (TPSA) is 24.9 Å². The molecule has 0 saturated heterocycles. The summed E-state index contributed by atoms with van der Waals surface area (Å²) in [5.74, 6) is 0.826. The van der Waals surface area contributed by atoms with E-state index in [0.717, 1.165) is 11.6 Å². The maximum Gasteiger partial charge on any atom is 0.152 e. The molecule has 1 aromatic rings. The van der Waals surface area contributed by atoms with Crippen molar-refractivity contribution < 1.29 is 0 Å². The summed E-state index contributed by atoms with van der Waals surface area (Å²) < 4.78 is 0. The van der Waals surface area contributed by atoms with E-state index in [2.05, 4.69) is 17.2 Å². The van der Waals surface area contributed by atoms with Crippen LogP contribution in [-0.4, -0.2) is 11.0 Å². The van der Waals surface area contributed by atoms with Crippen molar-refractivity contribution in [2.75, 3.05) is 5.32 Å². The van der Waals surface area contributed by atoms with Crippen LogP contribution in [0.15, 0.2) is 18.3 Å². The Morgan fingerprint density at radius 2 is 2.33 bits per heavy atom. The van der Waals surface area contributed by atoms with Crippen LogP contribution < -0.4 is 5.32 Å². The van der Waals surface area contributed by atoms with E-state index in [1.165, 1.54) is 25.7 Å². The Hall–Kier alpha value is -0.760. The second-order valence-electron chi connectivity index (χ2n) is 4.45. The molecule has 2 atom stereocenters. The molecule has 1 N–H and O–H groups in total. The first-order valence-electron chi connectivity index (χ1n) is 5.63. The number of nitrogens with one attached hydrogen (secondary N) is 1. The molecule has 0 radical (unpaired) electrons. The first-order chi connectivity index (χ1) is 7.25. The van der Waals surface area contributed by atoms with Crippen LogP contribution in [0.5, 0.6) is 0 Å². The fraction of sp³-hybridized carbons (Fsp3) is 0.583. The van der Waals surface area contributed by atoms with E-state index < -0.39 is 0 Å². The van der Waals surface area contributed by atoms with Gasteiger partial charge < -0.3 is 5.32 Å². The van der Waals surface area contributed by atoms with E-state index in [9.17, 15) is 0 Å². The third-order valence-electron chi connectivity index (χ3n) is 3.06. The van der Waals surface area contributed by atoms with Crippen molar-refractivity contribution in [2.24, 2.45) is 5.92 Å². The highest BCUT2D eigenvalue weighted by Crippen LogP contribution is 2.27. The quantitative estimate of drug-likeness (QED) is 0.775. The highest BCUT2D eigenvalue weighted by molar-refractivity contribution is 6.31. The number of anilines is 1. The Morgan fingerprint density at radius 3 is 3.07 bits per heavy atom. The lowest BCUT2D eigenvalue weighted by molar-refractivity contribution is 0.358. The van der Waals surface area contributed by atoms with Gasteiger partial charge in [-0.15, -0.1) is 0 Å². The molecule has 1 fully saturated rings. The molecule has 0 aliphatic heterocycles. The Kier molecular flexibility index (Phi) is 3.47. The number of rotatable bonds is 2. The van der Waals surface area contributed by atoms with Gasteiger partial charge in [-0.1, -0.05) is 31.4 Å². The third kappa shape index (κ3) is 2.85. The minimum Gasteiger partial charge on any atom is -0.380 e. The molecular formula is C12H17ClN2. The highest BCUT2D eigenvalue weighted by atomic mass is 35.5. The second kappa shape index (κ2) is 4.84. The Balaban J connectivity index is 1.99. The Morgan fingerprint density at radius 1 is 1.47 bits per heavy atom. The fourth-order valence-corrected chi connectivity index (χ4v) is 2.45. The molecule has 0 spiro atoms. The van der Waals surface area contributed by atoms with Crippen LogP contribution in [0.1, 0.15) is 32.6 Å². The number of hydrogen-bond acceptors (Lipinski definition) is 2. The van der Waals surface area contributed by atoms with Crippen molar-refractivity contribution in [3.8, 4) is 0 Å². The van der Waals surface area contributed by atoms with Gasteiger partial charge in [0.2, 0.25) is 0 Å². The normalized spacial score (nSPS) is 26.3. The SMILES string of the molecule is CC1CCCC(Nc2cccnc2Cl)C1. The van der Waals surface area contributed by atoms with E-state index in [0.29, 0.717) is 11.2 Å². The van der Waals surface area contributed by atoms with Crippen molar-refractivity contribution in [2.45, 2.75) is 38.6 Å². The molecule has 0 bridgehead atoms. The number of pyridine rings is 1. The lowest BCUT2D eigenvalue weighted by Crippen LogP contribution is -2.26. The predicted octanol–water partition coefficient (Wildman–Crippen LogP) is 3.73. The molecule has 2 nitrogen and oxygen atoms in total. The average Bonchev–Trinajstić information content (AvgIpc) is 2.22. The van der Waals surface area contributed by atoms with E-state index in [1.54, 1.807) is 6.20 Å². The smallest absolute Gasteiger partial charge is 0.152 e. The van der Waals surface area contributed by atoms with E-state index in [4.69, 9.17) is 11.6 Å². The molecule has 0 amide bonds.